The molecule has 1 heterocycles. The maximum Gasteiger partial charge on any atom is 0.336 e. The number of methoxy groups -OCH3 is 1. The van der Waals surface area contributed by atoms with Crippen molar-refractivity contribution in [1.29, 1.82) is 0 Å². The normalized spacial score (nSPS) is 10.7. The number of benzene rings is 2. The summed E-state index contributed by atoms with van der Waals surface area (Å²) < 4.78 is 10.3. The predicted molar refractivity (Wildman–Crippen MR) is 76.1 cm³/mol. The summed E-state index contributed by atoms with van der Waals surface area (Å²) in [4.78, 5) is 11.8. The fraction of sp³-hybridized carbons (Fsp3) is 0.0625. The summed E-state index contributed by atoms with van der Waals surface area (Å²) in [5, 5.41) is 10.5. The van der Waals surface area contributed by atoms with Crippen LogP contribution in [0.5, 0.6) is 11.5 Å². The largest absolute Gasteiger partial charge is 0.504 e. The Morgan fingerprint density at radius 3 is 2.55 bits per heavy atom. The molecule has 4 heteroatoms. The lowest BCUT2D eigenvalue weighted by molar-refractivity contribution is 0.369. The van der Waals surface area contributed by atoms with Crippen LogP contribution in [0.4, 0.5) is 0 Å². The number of phenols is 1. The number of hydrogen-bond donors (Lipinski definition) is 1. The number of fused-ring (bicyclic) bond motifs is 1. The van der Waals surface area contributed by atoms with Crippen molar-refractivity contribution in [2.24, 2.45) is 0 Å². The average Bonchev–Trinajstić information content (AvgIpc) is 2.47. The molecule has 3 rings (SSSR count). The van der Waals surface area contributed by atoms with Crippen molar-refractivity contribution in [2.45, 2.75) is 0 Å². The Morgan fingerprint density at radius 2 is 1.85 bits per heavy atom. The minimum Gasteiger partial charge on any atom is -0.504 e. The van der Waals surface area contributed by atoms with Gasteiger partial charge in [0.25, 0.3) is 0 Å². The number of phenolic OH excluding ortho intramolecular Hbond substituents is 1. The summed E-state index contributed by atoms with van der Waals surface area (Å²) in [5.74, 6) is 0.103. The van der Waals surface area contributed by atoms with E-state index in [1.165, 1.54) is 19.2 Å². The van der Waals surface area contributed by atoms with E-state index in [4.69, 9.17) is 9.15 Å². The molecule has 1 aromatic heterocycles. The first-order valence-electron chi connectivity index (χ1n) is 6.10. The van der Waals surface area contributed by atoms with E-state index in [0.29, 0.717) is 5.39 Å². The molecule has 0 amide bonds. The highest BCUT2D eigenvalue weighted by molar-refractivity contribution is 5.97. The molecule has 0 unspecified atom stereocenters. The van der Waals surface area contributed by atoms with Crippen LogP contribution in [0.2, 0.25) is 0 Å². The van der Waals surface area contributed by atoms with Crippen molar-refractivity contribution in [1.82, 2.24) is 0 Å². The van der Waals surface area contributed by atoms with E-state index in [1.807, 2.05) is 30.3 Å². The molecule has 0 spiro atoms. The SMILES string of the molecule is COc1c(O)ccc2c(-c3ccccc3)cc(=O)oc12. The Labute approximate surface area is 114 Å². The zero-order chi connectivity index (χ0) is 14.1. The molecule has 0 atom stereocenters. The van der Waals surface area contributed by atoms with Crippen LogP contribution in [0.1, 0.15) is 0 Å². The number of rotatable bonds is 2. The van der Waals surface area contributed by atoms with Gasteiger partial charge in [0.1, 0.15) is 0 Å². The minimum atomic E-state index is -0.486. The van der Waals surface area contributed by atoms with Crippen molar-refractivity contribution in [2.75, 3.05) is 7.11 Å². The van der Waals surface area contributed by atoms with Crippen molar-refractivity contribution in [3.05, 3.63) is 59.0 Å². The molecule has 3 aromatic rings. The second-order valence-corrected chi connectivity index (χ2v) is 4.34. The van der Waals surface area contributed by atoms with Gasteiger partial charge < -0.3 is 14.3 Å². The number of hydrogen-bond acceptors (Lipinski definition) is 4. The molecule has 0 aliphatic rings. The fourth-order valence-corrected chi connectivity index (χ4v) is 2.25. The first kappa shape index (κ1) is 12.3. The molecule has 4 nitrogen and oxygen atoms in total. The third-order valence-corrected chi connectivity index (χ3v) is 3.14. The molecule has 100 valence electrons. The van der Waals surface area contributed by atoms with E-state index >= 15 is 0 Å². The zero-order valence-electron chi connectivity index (χ0n) is 10.8. The molecule has 2 aromatic carbocycles. The zero-order valence-corrected chi connectivity index (χ0v) is 10.8. The highest BCUT2D eigenvalue weighted by Gasteiger charge is 2.14. The summed E-state index contributed by atoms with van der Waals surface area (Å²) >= 11 is 0. The highest BCUT2D eigenvalue weighted by atomic mass is 16.5. The molecular weight excluding hydrogens is 256 g/mol. The summed E-state index contributed by atoms with van der Waals surface area (Å²) in [6.45, 7) is 0. The van der Waals surface area contributed by atoms with E-state index in [2.05, 4.69) is 0 Å². The van der Waals surface area contributed by atoms with Crippen LogP contribution in [0.25, 0.3) is 22.1 Å². The standard InChI is InChI=1S/C16H12O4/c1-19-16-13(17)8-7-11-12(9-14(18)20-15(11)16)10-5-3-2-4-6-10/h2-9,17H,1H3. The second-order valence-electron chi connectivity index (χ2n) is 4.34. The number of aromatic hydroxyl groups is 1. The lowest BCUT2D eigenvalue weighted by atomic mass is 10.0. The molecular formula is C16H12O4. The van der Waals surface area contributed by atoms with E-state index in [0.717, 1.165) is 11.1 Å². The topological polar surface area (TPSA) is 59.7 Å². The molecule has 0 saturated carbocycles. The Morgan fingerprint density at radius 1 is 1.10 bits per heavy atom. The van der Waals surface area contributed by atoms with Crippen LogP contribution in [0.15, 0.2) is 57.7 Å². The molecule has 0 bridgehead atoms. The van der Waals surface area contributed by atoms with Crippen LogP contribution in [-0.2, 0) is 0 Å². The van der Waals surface area contributed by atoms with Crippen LogP contribution < -0.4 is 10.4 Å². The first-order chi connectivity index (χ1) is 9.70. The maximum atomic E-state index is 11.8. The molecule has 0 radical (unpaired) electrons. The Kier molecular flexibility index (Phi) is 2.91. The summed E-state index contributed by atoms with van der Waals surface area (Å²) in [5.41, 5.74) is 1.41. The van der Waals surface area contributed by atoms with Crippen molar-refractivity contribution >= 4 is 11.0 Å². The molecule has 0 fully saturated rings. The lowest BCUT2D eigenvalue weighted by Gasteiger charge is -2.09. The molecule has 0 saturated heterocycles. The van der Waals surface area contributed by atoms with Gasteiger partial charge in [-0.25, -0.2) is 4.79 Å². The van der Waals surface area contributed by atoms with Gasteiger partial charge >= 0.3 is 5.63 Å². The van der Waals surface area contributed by atoms with Crippen LogP contribution >= 0.6 is 0 Å². The third-order valence-electron chi connectivity index (χ3n) is 3.14. The molecule has 0 aliphatic heterocycles. The van der Waals surface area contributed by atoms with Gasteiger partial charge in [-0.05, 0) is 23.3 Å². The van der Waals surface area contributed by atoms with Gasteiger partial charge in [-0.1, -0.05) is 30.3 Å². The Balaban J connectivity index is 2.42. The second kappa shape index (κ2) is 4.74. The van der Waals surface area contributed by atoms with Crippen LogP contribution in [0.3, 0.4) is 0 Å². The van der Waals surface area contributed by atoms with Gasteiger partial charge in [0, 0.05) is 11.5 Å². The highest BCUT2D eigenvalue weighted by Crippen LogP contribution is 2.37. The maximum absolute atomic E-state index is 11.8. The lowest BCUT2D eigenvalue weighted by Crippen LogP contribution is -1.99. The molecule has 0 aliphatic carbocycles. The van der Waals surface area contributed by atoms with E-state index in [9.17, 15) is 9.90 Å². The van der Waals surface area contributed by atoms with Gasteiger partial charge in [-0.15, -0.1) is 0 Å². The van der Waals surface area contributed by atoms with Crippen molar-refractivity contribution in [3.63, 3.8) is 0 Å². The van der Waals surface area contributed by atoms with Gasteiger partial charge in [0.05, 0.1) is 7.11 Å². The van der Waals surface area contributed by atoms with Gasteiger partial charge in [0.15, 0.2) is 11.3 Å². The summed E-state index contributed by atoms with van der Waals surface area (Å²) in [6.07, 6.45) is 0. The quantitative estimate of drug-likeness (QED) is 0.725. The van der Waals surface area contributed by atoms with Gasteiger partial charge in [0.2, 0.25) is 5.75 Å². The Hall–Kier alpha value is -2.75. The van der Waals surface area contributed by atoms with E-state index < -0.39 is 5.63 Å². The van der Waals surface area contributed by atoms with Gasteiger partial charge in [-0.2, -0.15) is 0 Å². The van der Waals surface area contributed by atoms with Gasteiger partial charge in [-0.3, -0.25) is 0 Å². The van der Waals surface area contributed by atoms with Crippen molar-refractivity contribution in [3.8, 4) is 22.6 Å². The monoisotopic (exact) mass is 268 g/mol. The molecule has 20 heavy (non-hydrogen) atoms. The van der Waals surface area contributed by atoms with Crippen LogP contribution in [-0.4, -0.2) is 12.2 Å². The number of ether oxygens (including phenoxy) is 1. The smallest absolute Gasteiger partial charge is 0.336 e. The summed E-state index contributed by atoms with van der Waals surface area (Å²) in [6, 6.07) is 14.2. The first-order valence-corrected chi connectivity index (χ1v) is 6.10. The minimum absolute atomic E-state index is 0.0617. The van der Waals surface area contributed by atoms with E-state index in [1.54, 1.807) is 6.07 Å². The molecule has 1 N–H and O–H groups in total. The average molecular weight is 268 g/mol. The fourth-order valence-electron chi connectivity index (χ4n) is 2.25. The summed E-state index contributed by atoms with van der Waals surface area (Å²) in [7, 11) is 1.42. The van der Waals surface area contributed by atoms with Crippen LogP contribution in [0, 0.1) is 0 Å². The van der Waals surface area contributed by atoms with Crippen molar-refractivity contribution < 1.29 is 14.3 Å². The van der Waals surface area contributed by atoms with E-state index in [-0.39, 0.29) is 17.1 Å². The predicted octanol–water partition coefficient (Wildman–Crippen LogP) is 3.17. The third kappa shape index (κ3) is 1.91. The Bertz CT molecular complexity index is 819.